The monoisotopic (exact) mass is 297 g/mol. The van der Waals surface area contributed by atoms with Gasteiger partial charge in [0, 0.05) is 0 Å². The highest BCUT2D eigenvalue weighted by Crippen LogP contribution is 2.41. The maximum atomic E-state index is 12.2. The van der Waals surface area contributed by atoms with Crippen LogP contribution >= 0.6 is 0 Å². The molecule has 1 aliphatic rings. The van der Waals surface area contributed by atoms with Crippen LogP contribution in [-0.4, -0.2) is 31.1 Å². The largest absolute Gasteiger partial charge is 0.468 e. The smallest absolute Gasteiger partial charge is 0.326 e. The Morgan fingerprint density at radius 3 is 2.09 bits per heavy atom. The number of likely N-dealkylation sites (N-methyl/N-ethyl adjacent to an activating group) is 1. The minimum atomic E-state index is -0.461. The van der Waals surface area contributed by atoms with E-state index in [0.717, 1.165) is 11.1 Å². The maximum absolute atomic E-state index is 12.2. The van der Waals surface area contributed by atoms with E-state index in [9.17, 15) is 4.79 Å². The molecule has 2 aromatic carbocycles. The molecular formula is C18H19NO3. The lowest BCUT2D eigenvalue weighted by molar-refractivity contribution is -0.146. The fourth-order valence-electron chi connectivity index (χ4n) is 2.91. The summed E-state index contributed by atoms with van der Waals surface area (Å²) in [5.41, 5.74) is 2.00. The highest BCUT2D eigenvalue weighted by atomic mass is 16.6. The van der Waals surface area contributed by atoms with Crippen molar-refractivity contribution in [1.29, 1.82) is 0 Å². The van der Waals surface area contributed by atoms with Gasteiger partial charge in [0.2, 0.25) is 0 Å². The first kappa shape index (κ1) is 14.8. The number of benzene rings is 2. The minimum absolute atomic E-state index is 0.268. The second kappa shape index (κ2) is 6.30. The molecule has 0 aliphatic carbocycles. The standard InChI is InChI=1S/C18H19NO3/c1-19-15(18(20)21-2)16(13-9-5-3-6-10-13)22-17(19)14-11-7-4-8-12-14/h3-12,15-17H,1-2H3/t15-,16+,17?/m1/s1. The zero-order valence-electron chi connectivity index (χ0n) is 12.7. The average molecular weight is 297 g/mol. The molecule has 0 aromatic heterocycles. The molecule has 1 saturated heterocycles. The third-order valence-electron chi connectivity index (χ3n) is 4.03. The van der Waals surface area contributed by atoms with Gasteiger partial charge in [-0.1, -0.05) is 60.7 Å². The molecule has 1 unspecified atom stereocenters. The molecule has 3 atom stereocenters. The number of nitrogens with zero attached hydrogens (tertiary/aromatic N) is 1. The van der Waals surface area contributed by atoms with Gasteiger partial charge in [-0.15, -0.1) is 0 Å². The summed E-state index contributed by atoms with van der Waals surface area (Å²) in [7, 11) is 3.30. The van der Waals surface area contributed by atoms with E-state index in [0.29, 0.717) is 0 Å². The number of rotatable bonds is 3. The fraction of sp³-hybridized carbons (Fsp3) is 0.278. The number of hydrogen-bond acceptors (Lipinski definition) is 4. The van der Waals surface area contributed by atoms with Gasteiger partial charge in [-0.3, -0.25) is 9.69 Å². The van der Waals surface area contributed by atoms with Crippen molar-refractivity contribution in [3.63, 3.8) is 0 Å². The van der Waals surface area contributed by atoms with Crippen LogP contribution in [0.1, 0.15) is 23.5 Å². The lowest BCUT2D eigenvalue weighted by Crippen LogP contribution is -2.38. The van der Waals surface area contributed by atoms with Crippen LogP contribution < -0.4 is 0 Å². The van der Waals surface area contributed by atoms with Crippen LogP contribution in [0.2, 0.25) is 0 Å². The molecule has 3 rings (SSSR count). The number of esters is 1. The fourth-order valence-corrected chi connectivity index (χ4v) is 2.91. The first-order valence-electron chi connectivity index (χ1n) is 7.27. The summed E-state index contributed by atoms with van der Waals surface area (Å²) in [4.78, 5) is 14.2. The van der Waals surface area contributed by atoms with Crippen LogP contribution in [0.4, 0.5) is 0 Å². The van der Waals surface area contributed by atoms with Crippen molar-refractivity contribution in [2.45, 2.75) is 18.4 Å². The zero-order chi connectivity index (χ0) is 15.5. The molecule has 22 heavy (non-hydrogen) atoms. The van der Waals surface area contributed by atoms with E-state index < -0.39 is 6.04 Å². The van der Waals surface area contributed by atoms with Crippen molar-refractivity contribution in [3.05, 3.63) is 71.8 Å². The molecule has 114 valence electrons. The van der Waals surface area contributed by atoms with Crippen molar-refractivity contribution in [2.75, 3.05) is 14.2 Å². The van der Waals surface area contributed by atoms with Gasteiger partial charge in [0.1, 0.15) is 18.4 Å². The van der Waals surface area contributed by atoms with E-state index in [2.05, 4.69) is 0 Å². The number of hydrogen-bond donors (Lipinski definition) is 0. The van der Waals surface area contributed by atoms with Crippen molar-refractivity contribution in [2.24, 2.45) is 0 Å². The number of carbonyl (C=O) groups excluding carboxylic acids is 1. The molecule has 0 radical (unpaired) electrons. The quantitative estimate of drug-likeness (QED) is 0.817. The second-order valence-corrected chi connectivity index (χ2v) is 5.36. The maximum Gasteiger partial charge on any atom is 0.326 e. The summed E-state index contributed by atoms with van der Waals surface area (Å²) in [5, 5.41) is 0. The van der Waals surface area contributed by atoms with Gasteiger partial charge in [-0.25, -0.2) is 0 Å². The highest BCUT2D eigenvalue weighted by Gasteiger charge is 2.46. The molecular weight excluding hydrogens is 278 g/mol. The minimum Gasteiger partial charge on any atom is -0.468 e. The van der Waals surface area contributed by atoms with E-state index in [1.165, 1.54) is 7.11 Å². The van der Waals surface area contributed by atoms with Crippen LogP contribution in [-0.2, 0) is 14.3 Å². The van der Waals surface area contributed by atoms with Gasteiger partial charge in [0.15, 0.2) is 0 Å². The van der Waals surface area contributed by atoms with Crippen molar-refractivity contribution < 1.29 is 14.3 Å². The molecule has 0 saturated carbocycles. The third-order valence-corrected chi connectivity index (χ3v) is 4.03. The topological polar surface area (TPSA) is 38.8 Å². The Hall–Kier alpha value is -2.17. The molecule has 1 aliphatic heterocycles. The Labute approximate surface area is 130 Å². The molecule has 4 heteroatoms. The zero-order valence-corrected chi connectivity index (χ0v) is 12.7. The average Bonchev–Trinajstić information content (AvgIpc) is 2.93. The molecule has 0 amide bonds. The first-order valence-corrected chi connectivity index (χ1v) is 7.27. The number of carbonyl (C=O) groups is 1. The normalized spacial score (nSPS) is 25.1. The number of methoxy groups -OCH3 is 1. The molecule has 2 aromatic rings. The van der Waals surface area contributed by atoms with E-state index in [1.54, 1.807) is 0 Å². The van der Waals surface area contributed by atoms with Crippen LogP contribution in [0.3, 0.4) is 0 Å². The van der Waals surface area contributed by atoms with Gasteiger partial charge in [-0.05, 0) is 18.2 Å². The van der Waals surface area contributed by atoms with Gasteiger partial charge in [-0.2, -0.15) is 0 Å². The summed E-state index contributed by atoms with van der Waals surface area (Å²) >= 11 is 0. The van der Waals surface area contributed by atoms with Gasteiger partial charge >= 0.3 is 5.97 Å². The Kier molecular flexibility index (Phi) is 4.22. The predicted octanol–water partition coefficient (Wildman–Crippen LogP) is 2.93. The van der Waals surface area contributed by atoms with Gasteiger partial charge in [0.05, 0.1) is 7.11 Å². The molecule has 0 N–H and O–H groups in total. The summed E-state index contributed by atoms with van der Waals surface area (Å²) in [5.74, 6) is -0.283. The Morgan fingerprint density at radius 1 is 1.00 bits per heavy atom. The lowest BCUT2D eigenvalue weighted by atomic mass is 10.0. The Bertz CT molecular complexity index is 629. The molecule has 4 nitrogen and oxygen atoms in total. The Morgan fingerprint density at radius 2 is 1.55 bits per heavy atom. The summed E-state index contributed by atoms with van der Waals surface area (Å²) in [6.45, 7) is 0. The second-order valence-electron chi connectivity index (χ2n) is 5.36. The summed E-state index contributed by atoms with van der Waals surface area (Å²) in [6.07, 6.45) is -0.612. The van der Waals surface area contributed by atoms with E-state index in [1.807, 2.05) is 72.6 Å². The predicted molar refractivity (Wildman–Crippen MR) is 83.0 cm³/mol. The molecule has 1 heterocycles. The van der Waals surface area contributed by atoms with E-state index in [-0.39, 0.29) is 18.3 Å². The third kappa shape index (κ3) is 2.63. The van der Waals surface area contributed by atoms with Crippen molar-refractivity contribution in [1.82, 2.24) is 4.90 Å². The SMILES string of the molecule is COC(=O)[C@H]1[C@H](c2ccccc2)OC(c2ccccc2)N1C. The Balaban J connectivity index is 1.96. The van der Waals surface area contributed by atoms with Crippen LogP contribution in [0, 0.1) is 0 Å². The molecule has 1 fully saturated rings. The summed E-state index contributed by atoms with van der Waals surface area (Å²) in [6, 6.07) is 19.2. The van der Waals surface area contributed by atoms with Crippen LogP contribution in [0.5, 0.6) is 0 Å². The van der Waals surface area contributed by atoms with Crippen molar-refractivity contribution >= 4 is 5.97 Å². The highest BCUT2D eigenvalue weighted by molar-refractivity contribution is 5.77. The van der Waals surface area contributed by atoms with Crippen molar-refractivity contribution in [3.8, 4) is 0 Å². The summed E-state index contributed by atoms with van der Waals surface area (Å²) < 4.78 is 11.2. The van der Waals surface area contributed by atoms with Crippen LogP contribution in [0.15, 0.2) is 60.7 Å². The van der Waals surface area contributed by atoms with Crippen LogP contribution in [0.25, 0.3) is 0 Å². The van der Waals surface area contributed by atoms with E-state index >= 15 is 0 Å². The van der Waals surface area contributed by atoms with E-state index in [4.69, 9.17) is 9.47 Å². The first-order chi connectivity index (χ1) is 10.7. The lowest BCUT2D eigenvalue weighted by Gasteiger charge is -2.22. The molecule has 0 bridgehead atoms. The number of ether oxygens (including phenoxy) is 2. The van der Waals surface area contributed by atoms with Gasteiger partial charge in [0.25, 0.3) is 0 Å². The van der Waals surface area contributed by atoms with Gasteiger partial charge < -0.3 is 9.47 Å². The molecule has 0 spiro atoms.